The smallest absolute Gasteiger partial charge is 0.0413 e. The van der Waals surface area contributed by atoms with Crippen LogP contribution in [-0.2, 0) is 0 Å². The van der Waals surface area contributed by atoms with Crippen molar-refractivity contribution in [3.63, 3.8) is 0 Å². The van der Waals surface area contributed by atoms with Gasteiger partial charge in [0.05, 0.1) is 0 Å². The lowest BCUT2D eigenvalue weighted by Gasteiger charge is -2.11. The van der Waals surface area contributed by atoms with E-state index in [1.165, 1.54) is 3.57 Å². The van der Waals surface area contributed by atoms with E-state index < -0.39 is 0 Å². The Bertz CT molecular complexity index is 312. The maximum Gasteiger partial charge on any atom is 0.0413 e. The zero-order valence-electron chi connectivity index (χ0n) is 7.35. The van der Waals surface area contributed by atoms with Crippen LogP contribution in [-0.4, -0.2) is 6.04 Å². The molecule has 0 bridgehead atoms. The van der Waals surface area contributed by atoms with Crippen LogP contribution >= 0.6 is 38.5 Å². The van der Waals surface area contributed by atoms with E-state index >= 15 is 0 Å². The van der Waals surface area contributed by atoms with Crippen molar-refractivity contribution in [1.82, 2.24) is 0 Å². The summed E-state index contributed by atoms with van der Waals surface area (Å²) in [5.74, 6) is 0. The van der Waals surface area contributed by atoms with Crippen molar-refractivity contribution in [1.29, 1.82) is 0 Å². The molecule has 0 aliphatic rings. The minimum Gasteiger partial charge on any atom is -0.379 e. The first kappa shape index (κ1) is 11.0. The van der Waals surface area contributed by atoms with Crippen molar-refractivity contribution in [2.45, 2.75) is 13.0 Å². The van der Waals surface area contributed by atoms with Crippen LogP contribution < -0.4 is 5.32 Å². The van der Waals surface area contributed by atoms with E-state index in [-0.39, 0.29) is 0 Å². The molecule has 1 nitrogen and oxygen atoms in total. The Balaban J connectivity index is 2.79. The van der Waals surface area contributed by atoms with Crippen LogP contribution in [0, 0.1) is 3.57 Å². The summed E-state index contributed by atoms with van der Waals surface area (Å²) in [6, 6.07) is 6.49. The van der Waals surface area contributed by atoms with Gasteiger partial charge in [0, 0.05) is 19.8 Å². The van der Waals surface area contributed by atoms with Crippen LogP contribution in [0.15, 0.2) is 35.3 Å². The van der Waals surface area contributed by atoms with E-state index in [1.807, 2.05) is 18.2 Å². The summed E-state index contributed by atoms with van der Waals surface area (Å²) in [7, 11) is 0. The molecule has 1 rings (SSSR count). The second-order valence-electron chi connectivity index (χ2n) is 2.80. The molecule has 3 heteroatoms. The van der Waals surface area contributed by atoms with Gasteiger partial charge in [-0.05, 0) is 63.6 Å². The number of anilines is 1. The number of benzene rings is 1. The van der Waals surface area contributed by atoms with E-state index in [0.717, 1.165) is 10.2 Å². The van der Waals surface area contributed by atoms with Gasteiger partial charge < -0.3 is 5.32 Å². The van der Waals surface area contributed by atoms with E-state index in [1.54, 1.807) is 0 Å². The molecule has 0 aliphatic heterocycles. The van der Waals surface area contributed by atoms with Gasteiger partial charge in [-0.1, -0.05) is 6.08 Å². The SMILES string of the molecule is C=CC(C)Nc1ccc(Br)c(I)c1. The molecular weight excluding hydrogens is 341 g/mol. The minimum absolute atomic E-state index is 0.303. The molecular formula is C10H11BrIN. The Morgan fingerprint density at radius 2 is 2.31 bits per heavy atom. The fourth-order valence-corrected chi connectivity index (χ4v) is 1.67. The van der Waals surface area contributed by atoms with E-state index in [0.29, 0.717) is 6.04 Å². The Labute approximate surface area is 101 Å². The summed E-state index contributed by atoms with van der Waals surface area (Å²) < 4.78 is 2.34. The summed E-state index contributed by atoms with van der Waals surface area (Å²) in [6.07, 6.45) is 1.88. The van der Waals surface area contributed by atoms with Crippen LogP contribution in [0.1, 0.15) is 6.92 Å². The molecule has 13 heavy (non-hydrogen) atoms. The molecule has 0 saturated heterocycles. The van der Waals surface area contributed by atoms with Gasteiger partial charge >= 0.3 is 0 Å². The molecule has 1 aromatic rings. The maximum atomic E-state index is 3.72. The quantitative estimate of drug-likeness (QED) is 0.640. The fraction of sp³-hybridized carbons (Fsp3) is 0.200. The average molecular weight is 352 g/mol. The van der Waals surface area contributed by atoms with Gasteiger partial charge in [-0.25, -0.2) is 0 Å². The van der Waals surface area contributed by atoms with Crippen LogP contribution in [0.5, 0.6) is 0 Å². The number of hydrogen-bond acceptors (Lipinski definition) is 1. The van der Waals surface area contributed by atoms with Crippen LogP contribution in [0.3, 0.4) is 0 Å². The molecule has 1 unspecified atom stereocenters. The Morgan fingerprint density at radius 1 is 1.62 bits per heavy atom. The molecule has 0 spiro atoms. The van der Waals surface area contributed by atoms with E-state index in [9.17, 15) is 0 Å². The van der Waals surface area contributed by atoms with Gasteiger partial charge in [0.15, 0.2) is 0 Å². The third kappa shape index (κ3) is 3.31. The van der Waals surface area contributed by atoms with Crippen molar-refractivity contribution in [2.24, 2.45) is 0 Å². The lowest BCUT2D eigenvalue weighted by Crippen LogP contribution is -2.11. The van der Waals surface area contributed by atoms with Gasteiger partial charge in [0.2, 0.25) is 0 Å². The number of rotatable bonds is 3. The molecule has 1 aromatic carbocycles. The topological polar surface area (TPSA) is 12.0 Å². The second-order valence-corrected chi connectivity index (χ2v) is 4.81. The number of halogens is 2. The maximum absolute atomic E-state index is 3.72. The highest BCUT2D eigenvalue weighted by Crippen LogP contribution is 2.22. The normalized spacial score (nSPS) is 12.2. The van der Waals surface area contributed by atoms with Gasteiger partial charge in [0.1, 0.15) is 0 Å². The Morgan fingerprint density at radius 3 is 2.85 bits per heavy atom. The third-order valence-corrected chi connectivity index (χ3v) is 3.99. The lowest BCUT2D eigenvalue weighted by atomic mass is 10.2. The molecule has 1 N–H and O–H groups in total. The molecule has 0 radical (unpaired) electrons. The lowest BCUT2D eigenvalue weighted by molar-refractivity contribution is 1.00. The summed E-state index contributed by atoms with van der Waals surface area (Å²) >= 11 is 5.75. The standard InChI is InChI=1S/C10H11BrIN/c1-3-7(2)13-8-4-5-9(11)10(12)6-8/h3-7,13H,1H2,2H3. The minimum atomic E-state index is 0.303. The van der Waals surface area contributed by atoms with Crippen LogP contribution in [0.25, 0.3) is 0 Å². The molecule has 0 aliphatic carbocycles. The highest BCUT2D eigenvalue weighted by atomic mass is 127. The highest BCUT2D eigenvalue weighted by Gasteiger charge is 1.99. The fourth-order valence-electron chi connectivity index (χ4n) is 0.908. The first-order valence-corrected chi connectivity index (χ1v) is 5.85. The summed E-state index contributed by atoms with van der Waals surface area (Å²) in [5, 5.41) is 3.32. The second kappa shape index (κ2) is 5.00. The van der Waals surface area contributed by atoms with Crippen LogP contribution in [0.4, 0.5) is 5.69 Å². The van der Waals surface area contributed by atoms with Gasteiger partial charge in [-0.2, -0.15) is 0 Å². The van der Waals surface area contributed by atoms with Crippen molar-refractivity contribution in [3.05, 3.63) is 38.9 Å². The monoisotopic (exact) mass is 351 g/mol. The molecule has 0 saturated carbocycles. The van der Waals surface area contributed by atoms with Crippen molar-refractivity contribution < 1.29 is 0 Å². The summed E-state index contributed by atoms with van der Waals surface area (Å²) in [5.41, 5.74) is 1.13. The number of nitrogens with one attached hydrogen (secondary N) is 1. The first-order valence-electron chi connectivity index (χ1n) is 3.97. The van der Waals surface area contributed by atoms with Crippen molar-refractivity contribution in [2.75, 3.05) is 5.32 Å². The predicted octanol–water partition coefficient (Wildman–Crippen LogP) is 4.04. The molecule has 1 atom stereocenters. The third-order valence-electron chi connectivity index (χ3n) is 1.67. The zero-order valence-corrected chi connectivity index (χ0v) is 11.1. The van der Waals surface area contributed by atoms with Gasteiger partial charge in [0.25, 0.3) is 0 Å². The van der Waals surface area contributed by atoms with Gasteiger partial charge in [-0.15, -0.1) is 6.58 Å². The first-order chi connectivity index (χ1) is 6.13. The largest absolute Gasteiger partial charge is 0.379 e. The van der Waals surface area contributed by atoms with E-state index in [4.69, 9.17) is 0 Å². The molecule has 0 fully saturated rings. The summed E-state index contributed by atoms with van der Waals surface area (Å²) in [6.45, 7) is 5.79. The van der Waals surface area contributed by atoms with Crippen molar-refractivity contribution in [3.8, 4) is 0 Å². The average Bonchev–Trinajstić information content (AvgIpc) is 2.11. The van der Waals surface area contributed by atoms with Gasteiger partial charge in [-0.3, -0.25) is 0 Å². The predicted molar refractivity (Wildman–Crippen MR) is 70.1 cm³/mol. The molecule has 0 aromatic heterocycles. The summed E-state index contributed by atoms with van der Waals surface area (Å²) in [4.78, 5) is 0. The number of hydrogen-bond donors (Lipinski definition) is 1. The Kier molecular flexibility index (Phi) is 4.25. The molecule has 0 amide bonds. The highest BCUT2D eigenvalue weighted by molar-refractivity contribution is 14.1. The zero-order chi connectivity index (χ0) is 9.84. The molecule has 70 valence electrons. The Hall–Kier alpha value is -0.0300. The molecule has 0 heterocycles. The van der Waals surface area contributed by atoms with Crippen LogP contribution in [0.2, 0.25) is 0 Å². The van der Waals surface area contributed by atoms with Crippen molar-refractivity contribution >= 4 is 44.2 Å². The van der Waals surface area contributed by atoms with E-state index in [2.05, 4.69) is 63.4 Å².